The Kier molecular flexibility index (Phi) is 6.11. The molecule has 30 heavy (non-hydrogen) atoms. The molecule has 1 aromatic rings. The van der Waals surface area contributed by atoms with Crippen LogP contribution in [0.3, 0.4) is 0 Å². The van der Waals surface area contributed by atoms with Crippen LogP contribution in [-0.2, 0) is 9.59 Å². The van der Waals surface area contributed by atoms with Gasteiger partial charge in [0.1, 0.15) is 5.82 Å². The maximum atomic E-state index is 14.9. The van der Waals surface area contributed by atoms with E-state index in [0.29, 0.717) is 24.1 Å². The first-order valence-electron chi connectivity index (χ1n) is 11.2. The zero-order valence-corrected chi connectivity index (χ0v) is 17.8. The van der Waals surface area contributed by atoms with Gasteiger partial charge < -0.3 is 10.6 Å². The number of nitrogens with two attached hydrogens (primary N) is 1. The van der Waals surface area contributed by atoms with Crippen molar-refractivity contribution in [2.24, 2.45) is 11.7 Å². The van der Waals surface area contributed by atoms with Crippen LogP contribution >= 0.6 is 0 Å². The van der Waals surface area contributed by atoms with E-state index in [1.165, 1.54) is 18.9 Å². The summed E-state index contributed by atoms with van der Waals surface area (Å²) in [6, 6.07) is 5.08. The van der Waals surface area contributed by atoms with E-state index in [4.69, 9.17) is 5.73 Å². The highest BCUT2D eigenvalue weighted by Gasteiger charge is 2.31. The minimum atomic E-state index is -0.450. The number of benzene rings is 1. The van der Waals surface area contributed by atoms with E-state index in [9.17, 15) is 14.0 Å². The standard InChI is InChI=1S/C23H33FN4O2/c1-23(25)8-6-16(7-9-23)15-27-10-12-28(13-11-27)20-4-2-17(14-19(20)24)18-3-5-21(29)26-22(18)30/h2,4,14,16,18H,3,5-13,15,25H2,1H3,(H,26,29,30). The van der Waals surface area contributed by atoms with Gasteiger partial charge in [-0.15, -0.1) is 0 Å². The highest BCUT2D eigenvalue weighted by molar-refractivity contribution is 6.00. The quantitative estimate of drug-likeness (QED) is 0.737. The van der Waals surface area contributed by atoms with Crippen molar-refractivity contribution in [1.29, 1.82) is 0 Å². The molecule has 1 atom stereocenters. The highest BCUT2D eigenvalue weighted by Crippen LogP contribution is 2.32. The van der Waals surface area contributed by atoms with E-state index in [1.54, 1.807) is 6.07 Å². The molecule has 0 aromatic heterocycles. The molecular formula is C23H33FN4O2. The summed E-state index contributed by atoms with van der Waals surface area (Å²) < 4.78 is 14.9. The summed E-state index contributed by atoms with van der Waals surface area (Å²) in [4.78, 5) is 28.0. The predicted molar refractivity (Wildman–Crippen MR) is 115 cm³/mol. The molecular weight excluding hydrogens is 383 g/mol. The van der Waals surface area contributed by atoms with Crippen molar-refractivity contribution in [2.75, 3.05) is 37.6 Å². The maximum Gasteiger partial charge on any atom is 0.234 e. The van der Waals surface area contributed by atoms with Gasteiger partial charge in [0.2, 0.25) is 11.8 Å². The Balaban J connectivity index is 1.31. The smallest absolute Gasteiger partial charge is 0.234 e. The van der Waals surface area contributed by atoms with Crippen LogP contribution in [0.15, 0.2) is 18.2 Å². The number of nitrogens with one attached hydrogen (secondary N) is 1. The van der Waals surface area contributed by atoms with Crippen LogP contribution < -0.4 is 16.0 Å². The second kappa shape index (κ2) is 8.63. The van der Waals surface area contributed by atoms with Crippen LogP contribution in [-0.4, -0.2) is 55.0 Å². The van der Waals surface area contributed by atoms with E-state index in [-0.39, 0.29) is 23.2 Å². The number of imide groups is 1. The van der Waals surface area contributed by atoms with Gasteiger partial charge in [-0.2, -0.15) is 0 Å². The Hall–Kier alpha value is -1.99. The second-order valence-corrected chi connectivity index (χ2v) is 9.60. The summed E-state index contributed by atoms with van der Waals surface area (Å²) in [7, 11) is 0. The van der Waals surface area contributed by atoms with E-state index >= 15 is 0 Å². The molecule has 164 valence electrons. The summed E-state index contributed by atoms with van der Waals surface area (Å²) >= 11 is 0. The molecule has 3 fully saturated rings. The third-order valence-electron chi connectivity index (χ3n) is 7.09. The van der Waals surface area contributed by atoms with Crippen LogP contribution in [0.4, 0.5) is 10.1 Å². The predicted octanol–water partition coefficient (Wildman–Crippen LogP) is 2.38. The molecule has 1 aromatic carbocycles. The van der Waals surface area contributed by atoms with Gasteiger partial charge in [0.15, 0.2) is 0 Å². The zero-order chi connectivity index (χ0) is 21.3. The molecule has 7 heteroatoms. The van der Waals surface area contributed by atoms with Crippen molar-refractivity contribution in [3.8, 4) is 0 Å². The number of hydrogen-bond donors (Lipinski definition) is 2. The largest absolute Gasteiger partial charge is 0.367 e. The summed E-state index contributed by atoms with van der Waals surface area (Å²) in [5.41, 5.74) is 7.50. The number of halogens is 1. The molecule has 6 nitrogen and oxygen atoms in total. The molecule has 2 heterocycles. The maximum absolute atomic E-state index is 14.9. The van der Waals surface area contributed by atoms with Crippen molar-refractivity contribution in [1.82, 2.24) is 10.2 Å². The molecule has 4 rings (SSSR count). The molecule has 1 aliphatic carbocycles. The zero-order valence-electron chi connectivity index (χ0n) is 17.8. The van der Waals surface area contributed by atoms with Crippen molar-refractivity contribution < 1.29 is 14.0 Å². The van der Waals surface area contributed by atoms with Crippen molar-refractivity contribution >= 4 is 17.5 Å². The molecule has 3 aliphatic rings. The monoisotopic (exact) mass is 416 g/mol. The van der Waals surface area contributed by atoms with Crippen molar-refractivity contribution in [3.05, 3.63) is 29.6 Å². The number of hydrogen-bond acceptors (Lipinski definition) is 5. The van der Waals surface area contributed by atoms with Crippen LogP contribution in [0.25, 0.3) is 0 Å². The lowest BCUT2D eigenvalue weighted by atomic mass is 9.78. The average molecular weight is 417 g/mol. The van der Waals surface area contributed by atoms with E-state index in [0.717, 1.165) is 51.5 Å². The number of piperazine rings is 1. The van der Waals surface area contributed by atoms with E-state index < -0.39 is 5.92 Å². The lowest BCUT2D eigenvalue weighted by molar-refractivity contribution is -0.134. The number of carbonyl (C=O) groups is 2. The summed E-state index contributed by atoms with van der Waals surface area (Å²) in [5, 5.41) is 2.34. The Bertz CT molecular complexity index is 794. The van der Waals surface area contributed by atoms with Gasteiger partial charge in [-0.05, 0) is 62.6 Å². The van der Waals surface area contributed by atoms with E-state index in [2.05, 4.69) is 22.0 Å². The minimum Gasteiger partial charge on any atom is -0.367 e. The Morgan fingerprint density at radius 3 is 2.47 bits per heavy atom. The van der Waals surface area contributed by atoms with Gasteiger partial charge in [-0.25, -0.2) is 4.39 Å². The minimum absolute atomic E-state index is 0.00666. The molecule has 2 aliphatic heterocycles. The first kappa shape index (κ1) is 21.2. The van der Waals surface area contributed by atoms with E-state index in [1.807, 2.05) is 6.07 Å². The van der Waals surface area contributed by atoms with Crippen LogP contribution in [0.1, 0.15) is 56.9 Å². The fraction of sp³-hybridized carbons (Fsp3) is 0.652. The normalized spacial score (nSPS) is 31.0. The number of carbonyl (C=O) groups excluding carboxylic acids is 2. The molecule has 0 bridgehead atoms. The number of anilines is 1. The van der Waals surface area contributed by atoms with Crippen LogP contribution in [0.2, 0.25) is 0 Å². The second-order valence-electron chi connectivity index (χ2n) is 9.60. The average Bonchev–Trinajstić information content (AvgIpc) is 2.70. The molecule has 3 N–H and O–H groups in total. The van der Waals surface area contributed by atoms with Crippen LogP contribution in [0, 0.1) is 11.7 Å². The highest BCUT2D eigenvalue weighted by atomic mass is 19.1. The molecule has 2 saturated heterocycles. The lowest BCUT2D eigenvalue weighted by Crippen LogP contribution is -2.49. The van der Waals surface area contributed by atoms with Crippen LogP contribution in [0.5, 0.6) is 0 Å². The summed E-state index contributed by atoms with van der Waals surface area (Å²) in [6.07, 6.45) is 5.33. The van der Waals surface area contributed by atoms with Gasteiger partial charge in [0.25, 0.3) is 0 Å². The van der Waals surface area contributed by atoms with Gasteiger partial charge in [-0.3, -0.25) is 19.8 Å². The third kappa shape index (κ3) is 4.83. The SMILES string of the molecule is CC1(N)CCC(CN2CCN(c3ccc(C4CCC(=O)NC4=O)cc3F)CC2)CC1. The Morgan fingerprint density at radius 1 is 1.13 bits per heavy atom. The molecule has 0 radical (unpaired) electrons. The third-order valence-corrected chi connectivity index (χ3v) is 7.09. The van der Waals surface area contributed by atoms with Crippen molar-refractivity contribution in [2.45, 2.75) is 56.9 Å². The molecule has 1 saturated carbocycles. The fourth-order valence-electron chi connectivity index (χ4n) is 5.06. The molecule has 2 amide bonds. The first-order valence-corrected chi connectivity index (χ1v) is 11.2. The summed E-state index contributed by atoms with van der Waals surface area (Å²) in [5.74, 6) is -0.604. The number of nitrogens with zero attached hydrogens (tertiary/aromatic N) is 2. The lowest BCUT2D eigenvalue weighted by Gasteiger charge is -2.40. The number of amides is 2. The fourth-order valence-corrected chi connectivity index (χ4v) is 5.06. The van der Waals surface area contributed by atoms with Gasteiger partial charge in [0, 0.05) is 44.7 Å². The summed E-state index contributed by atoms with van der Waals surface area (Å²) in [6.45, 7) is 6.74. The topological polar surface area (TPSA) is 78.7 Å². The Labute approximate surface area is 178 Å². The Morgan fingerprint density at radius 2 is 1.83 bits per heavy atom. The van der Waals surface area contributed by atoms with Gasteiger partial charge in [-0.1, -0.05) is 6.07 Å². The van der Waals surface area contributed by atoms with Gasteiger partial charge >= 0.3 is 0 Å². The van der Waals surface area contributed by atoms with Crippen molar-refractivity contribution in [3.63, 3.8) is 0 Å². The number of piperidine rings is 1. The number of rotatable bonds is 4. The first-order chi connectivity index (χ1) is 14.3. The molecule has 1 unspecified atom stereocenters. The molecule has 0 spiro atoms. The van der Waals surface area contributed by atoms with Gasteiger partial charge in [0.05, 0.1) is 11.6 Å².